The van der Waals surface area contributed by atoms with Gasteiger partial charge in [0, 0.05) is 12.0 Å². The lowest BCUT2D eigenvalue weighted by Crippen LogP contribution is -2.18. The van der Waals surface area contributed by atoms with E-state index in [1.54, 1.807) is 0 Å². The van der Waals surface area contributed by atoms with E-state index in [2.05, 4.69) is 4.74 Å². The molecular weight excluding hydrogens is 288 g/mol. The van der Waals surface area contributed by atoms with Crippen molar-refractivity contribution in [2.45, 2.75) is 18.5 Å². The van der Waals surface area contributed by atoms with Gasteiger partial charge in [-0.1, -0.05) is 0 Å². The van der Waals surface area contributed by atoms with Crippen molar-refractivity contribution in [1.82, 2.24) is 0 Å². The van der Waals surface area contributed by atoms with Crippen LogP contribution >= 0.6 is 11.6 Å². The van der Waals surface area contributed by atoms with E-state index in [1.165, 1.54) is 18.2 Å². The molecule has 0 saturated heterocycles. The maximum absolute atomic E-state index is 12.9. The summed E-state index contributed by atoms with van der Waals surface area (Å²) >= 11 is 5.62. The standard InChI is InChI=1S/C12H13ClF4O2/c13-7-9-6-10(14)2-3-11(9)19-5-1-4-18-8-12(15,16)17/h2-3,6H,1,4-5,7-8H2. The van der Waals surface area contributed by atoms with Crippen LogP contribution < -0.4 is 4.74 Å². The van der Waals surface area contributed by atoms with Gasteiger partial charge in [0.25, 0.3) is 0 Å². The van der Waals surface area contributed by atoms with Gasteiger partial charge in [-0.05, 0) is 18.2 Å². The minimum atomic E-state index is -4.32. The Morgan fingerprint density at radius 2 is 1.89 bits per heavy atom. The van der Waals surface area contributed by atoms with E-state index >= 15 is 0 Å². The Morgan fingerprint density at radius 1 is 1.16 bits per heavy atom. The fourth-order valence-electron chi connectivity index (χ4n) is 1.32. The van der Waals surface area contributed by atoms with E-state index in [1.807, 2.05) is 0 Å². The maximum atomic E-state index is 12.9. The van der Waals surface area contributed by atoms with Crippen molar-refractivity contribution < 1.29 is 27.0 Å². The fourth-order valence-corrected chi connectivity index (χ4v) is 1.53. The summed E-state index contributed by atoms with van der Waals surface area (Å²) in [6.07, 6.45) is -4.02. The number of alkyl halides is 4. The lowest BCUT2D eigenvalue weighted by molar-refractivity contribution is -0.174. The van der Waals surface area contributed by atoms with Crippen LogP contribution in [0.5, 0.6) is 5.75 Å². The molecular formula is C12H13ClF4O2. The van der Waals surface area contributed by atoms with Crippen molar-refractivity contribution in [2.75, 3.05) is 19.8 Å². The molecule has 0 aliphatic rings. The zero-order valence-electron chi connectivity index (χ0n) is 9.97. The van der Waals surface area contributed by atoms with Gasteiger partial charge in [-0.2, -0.15) is 13.2 Å². The third-order valence-corrected chi connectivity index (χ3v) is 2.41. The van der Waals surface area contributed by atoms with E-state index in [9.17, 15) is 17.6 Å². The molecule has 0 amide bonds. The minimum Gasteiger partial charge on any atom is -0.493 e. The van der Waals surface area contributed by atoms with E-state index < -0.39 is 18.6 Å². The van der Waals surface area contributed by atoms with Gasteiger partial charge in [-0.3, -0.25) is 0 Å². The van der Waals surface area contributed by atoms with Crippen LogP contribution in [0.4, 0.5) is 17.6 Å². The first-order chi connectivity index (χ1) is 8.92. The molecule has 0 fully saturated rings. The molecule has 0 spiro atoms. The van der Waals surface area contributed by atoms with Crippen LogP contribution in [0.1, 0.15) is 12.0 Å². The summed E-state index contributed by atoms with van der Waals surface area (Å²) in [7, 11) is 0. The van der Waals surface area contributed by atoms with Gasteiger partial charge in [0.1, 0.15) is 18.2 Å². The van der Waals surface area contributed by atoms with Crippen molar-refractivity contribution in [3.05, 3.63) is 29.6 Å². The summed E-state index contributed by atoms with van der Waals surface area (Å²) in [6.45, 7) is -1.15. The second-order valence-electron chi connectivity index (χ2n) is 3.76. The molecule has 108 valence electrons. The van der Waals surface area contributed by atoms with Crippen LogP contribution in [0, 0.1) is 5.82 Å². The number of hydrogen-bond donors (Lipinski definition) is 0. The SMILES string of the molecule is Fc1ccc(OCCCOCC(F)(F)F)c(CCl)c1. The highest BCUT2D eigenvalue weighted by Gasteiger charge is 2.27. The Kier molecular flexibility index (Phi) is 6.37. The molecule has 1 aromatic carbocycles. The lowest BCUT2D eigenvalue weighted by atomic mass is 10.2. The molecule has 0 aliphatic carbocycles. The summed E-state index contributed by atoms with van der Waals surface area (Å²) in [5, 5.41) is 0. The molecule has 1 rings (SSSR count). The van der Waals surface area contributed by atoms with Gasteiger partial charge in [-0.15, -0.1) is 11.6 Å². The molecule has 0 bridgehead atoms. The third-order valence-electron chi connectivity index (χ3n) is 2.12. The van der Waals surface area contributed by atoms with Crippen LogP contribution in [-0.4, -0.2) is 26.0 Å². The molecule has 0 unspecified atom stereocenters. The third kappa shape index (κ3) is 6.63. The normalized spacial score (nSPS) is 11.6. The summed E-state index contributed by atoms with van der Waals surface area (Å²) in [5.41, 5.74) is 0.498. The second-order valence-corrected chi connectivity index (χ2v) is 4.02. The highest BCUT2D eigenvalue weighted by atomic mass is 35.5. The Bertz CT molecular complexity index is 396. The van der Waals surface area contributed by atoms with Crippen LogP contribution in [0.2, 0.25) is 0 Å². The first-order valence-electron chi connectivity index (χ1n) is 5.54. The van der Waals surface area contributed by atoms with E-state index in [4.69, 9.17) is 16.3 Å². The predicted octanol–water partition coefficient (Wildman–Crippen LogP) is 3.91. The Balaban J connectivity index is 2.26. The van der Waals surface area contributed by atoms with Gasteiger partial charge in [-0.25, -0.2) is 4.39 Å². The maximum Gasteiger partial charge on any atom is 0.411 e. The van der Waals surface area contributed by atoms with Crippen molar-refractivity contribution in [3.63, 3.8) is 0 Å². The average molecular weight is 301 g/mol. The molecule has 0 saturated carbocycles. The summed E-state index contributed by atoms with van der Waals surface area (Å²) in [4.78, 5) is 0. The van der Waals surface area contributed by atoms with Gasteiger partial charge >= 0.3 is 6.18 Å². The molecule has 7 heteroatoms. The quantitative estimate of drug-likeness (QED) is 0.432. The first kappa shape index (κ1) is 16.0. The molecule has 0 heterocycles. The molecule has 19 heavy (non-hydrogen) atoms. The Morgan fingerprint density at radius 3 is 2.53 bits per heavy atom. The van der Waals surface area contributed by atoms with Gasteiger partial charge in [0.2, 0.25) is 0 Å². The Labute approximate surface area is 113 Å². The highest BCUT2D eigenvalue weighted by Crippen LogP contribution is 2.21. The predicted molar refractivity (Wildman–Crippen MR) is 62.9 cm³/mol. The molecule has 0 aliphatic heterocycles. The lowest BCUT2D eigenvalue weighted by Gasteiger charge is -2.11. The molecule has 0 aromatic heterocycles. The van der Waals surface area contributed by atoms with Crippen LogP contribution in [0.25, 0.3) is 0 Å². The monoisotopic (exact) mass is 300 g/mol. The zero-order valence-corrected chi connectivity index (χ0v) is 10.7. The molecule has 2 nitrogen and oxygen atoms in total. The first-order valence-corrected chi connectivity index (χ1v) is 6.07. The largest absolute Gasteiger partial charge is 0.493 e. The Hall–Kier alpha value is -1.01. The highest BCUT2D eigenvalue weighted by molar-refractivity contribution is 6.17. The molecule has 0 radical (unpaired) electrons. The van der Waals surface area contributed by atoms with Gasteiger partial charge < -0.3 is 9.47 Å². The zero-order chi connectivity index (χ0) is 14.3. The number of ether oxygens (including phenoxy) is 2. The second kappa shape index (κ2) is 7.55. The van der Waals surface area contributed by atoms with E-state index in [0.717, 1.165) is 0 Å². The average Bonchev–Trinajstić information content (AvgIpc) is 2.33. The van der Waals surface area contributed by atoms with Gasteiger partial charge in [0.05, 0.1) is 19.1 Å². The smallest absolute Gasteiger partial charge is 0.411 e. The van der Waals surface area contributed by atoms with Gasteiger partial charge in [0.15, 0.2) is 0 Å². The topological polar surface area (TPSA) is 18.5 Å². The number of rotatable bonds is 7. The van der Waals surface area contributed by atoms with Crippen molar-refractivity contribution in [3.8, 4) is 5.75 Å². The van der Waals surface area contributed by atoms with Crippen molar-refractivity contribution in [2.24, 2.45) is 0 Å². The van der Waals surface area contributed by atoms with Crippen molar-refractivity contribution >= 4 is 11.6 Å². The molecule has 1 aromatic rings. The summed E-state index contributed by atoms with van der Waals surface area (Å²) in [6, 6.07) is 3.91. The van der Waals surface area contributed by atoms with E-state index in [-0.39, 0.29) is 19.1 Å². The number of halogens is 5. The molecule has 0 atom stereocenters. The fraction of sp³-hybridized carbons (Fsp3) is 0.500. The number of benzene rings is 1. The minimum absolute atomic E-state index is 0.0586. The number of hydrogen-bond acceptors (Lipinski definition) is 2. The van der Waals surface area contributed by atoms with Crippen LogP contribution in [0.15, 0.2) is 18.2 Å². The molecule has 0 N–H and O–H groups in total. The summed E-state index contributed by atoms with van der Waals surface area (Å²) in [5.74, 6) is 0.0984. The van der Waals surface area contributed by atoms with Crippen LogP contribution in [0.3, 0.4) is 0 Å². The van der Waals surface area contributed by atoms with Crippen molar-refractivity contribution in [1.29, 1.82) is 0 Å². The summed E-state index contributed by atoms with van der Waals surface area (Å²) < 4.78 is 57.9. The van der Waals surface area contributed by atoms with E-state index in [0.29, 0.717) is 17.7 Å². The van der Waals surface area contributed by atoms with Crippen LogP contribution in [-0.2, 0) is 10.6 Å².